The minimum Gasteiger partial charge on any atom is -0.325 e. The van der Waals surface area contributed by atoms with Crippen molar-refractivity contribution in [2.24, 2.45) is 0 Å². The number of benzene rings is 2. The van der Waals surface area contributed by atoms with Crippen LogP contribution in [-0.4, -0.2) is 16.4 Å². The van der Waals surface area contributed by atoms with Gasteiger partial charge in [0.2, 0.25) is 5.91 Å². The van der Waals surface area contributed by atoms with Gasteiger partial charge in [0.05, 0.1) is 16.8 Å². The summed E-state index contributed by atoms with van der Waals surface area (Å²) < 4.78 is 55.6. The lowest BCUT2D eigenvalue weighted by molar-refractivity contribution is -0.136. The number of aryl methyl sites for hydroxylation is 1. The van der Waals surface area contributed by atoms with Gasteiger partial charge in [0, 0.05) is 30.9 Å². The van der Waals surface area contributed by atoms with Crippen molar-refractivity contribution in [2.45, 2.75) is 19.1 Å². The SMILES string of the molecule is O=C(CCn1ccccc1=O)Nc1ccc(NC(=O)c2ccccc2F)cc1C(F)(F)F. The number of alkyl halides is 3. The van der Waals surface area contributed by atoms with Crippen LogP contribution in [0.5, 0.6) is 0 Å². The number of hydrogen-bond donors (Lipinski definition) is 2. The summed E-state index contributed by atoms with van der Waals surface area (Å²) in [7, 11) is 0. The molecular formula is C22H17F4N3O3. The molecule has 0 unspecified atom stereocenters. The minimum atomic E-state index is -4.84. The zero-order valence-corrected chi connectivity index (χ0v) is 16.4. The van der Waals surface area contributed by atoms with Crippen molar-refractivity contribution in [1.82, 2.24) is 4.57 Å². The van der Waals surface area contributed by atoms with E-state index in [0.29, 0.717) is 6.07 Å². The summed E-state index contributed by atoms with van der Waals surface area (Å²) in [4.78, 5) is 36.0. The Balaban J connectivity index is 1.76. The molecule has 0 saturated heterocycles. The first-order valence-corrected chi connectivity index (χ1v) is 9.37. The molecule has 2 aromatic carbocycles. The Morgan fingerprint density at radius 1 is 0.938 bits per heavy atom. The van der Waals surface area contributed by atoms with Gasteiger partial charge >= 0.3 is 6.18 Å². The molecule has 3 aromatic rings. The number of aromatic nitrogens is 1. The quantitative estimate of drug-likeness (QED) is 0.554. The molecule has 2 N–H and O–H groups in total. The Bertz CT molecular complexity index is 1210. The first kappa shape index (κ1) is 22.7. The number of carbonyl (C=O) groups excluding carboxylic acids is 2. The maximum Gasteiger partial charge on any atom is 0.418 e. The molecule has 0 bridgehead atoms. The second-order valence-electron chi connectivity index (χ2n) is 6.72. The van der Waals surface area contributed by atoms with Crippen molar-refractivity contribution in [3.63, 3.8) is 0 Å². The zero-order chi connectivity index (χ0) is 23.3. The lowest BCUT2D eigenvalue weighted by Gasteiger charge is -2.16. The number of rotatable bonds is 6. The van der Waals surface area contributed by atoms with Crippen molar-refractivity contribution in [1.29, 1.82) is 0 Å². The first-order chi connectivity index (χ1) is 15.1. The van der Waals surface area contributed by atoms with Crippen LogP contribution >= 0.6 is 0 Å². The normalized spacial score (nSPS) is 11.1. The third-order valence-electron chi connectivity index (χ3n) is 4.45. The largest absolute Gasteiger partial charge is 0.418 e. The van der Waals surface area contributed by atoms with Gasteiger partial charge in [-0.25, -0.2) is 4.39 Å². The summed E-state index contributed by atoms with van der Waals surface area (Å²) >= 11 is 0. The van der Waals surface area contributed by atoms with Crippen LogP contribution < -0.4 is 16.2 Å². The van der Waals surface area contributed by atoms with Gasteiger partial charge in [-0.05, 0) is 36.4 Å². The van der Waals surface area contributed by atoms with E-state index in [1.54, 1.807) is 6.07 Å². The number of amides is 2. The van der Waals surface area contributed by atoms with Gasteiger partial charge < -0.3 is 15.2 Å². The van der Waals surface area contributed by atoms with E-state index < -0.39 is 35.1 Å². The molecule has 2 amide bonds. The standard InChI is InChI=1S/C22H17F4N3O3/c23-17-6-2-1-5-15(17)21(32)27-14-8-9-18(16(13-14)22(24,25)26)28-19(30)10-12-29-11-4-3-7-20(29)31/h1-9,11,13H,10,12H2,(H,27,32)(H,28,30). The second-order valence-corrected chi connectivity index (χ2v) is 6.72. The van der Waals surface area contributed by atoms with Crippen LogP contribution in [-0.2, 0) is 17.5 Å². The molecule has 0 aliphatic carbocycles. The van der Waals surface area contributed by atoms with Crippen LogP contribution in [0.1, 0.15) is 22.3 Å². The molecule has 0 fully saturated rings. The number of nitrogens with zero attached hydrogens (tertiary/aromatic N) is 1. The Morgan fingerprint density at radius 2 is 1.66 bits per heavy atom. The maximum atomic E-state index is 13.7. The molecule has 1 heterocycles. The lowest BCUT2D eigenvalue weighted by atomic mass is 10.1. The van der Waals surface area contributed by atoms with E-state index in [1.807, 2.05) is 0 Å². The highest BCUT2D eigenvalue weighted by Crippen LogP contribution is 2.36. The number of anilines is 2. The van der Waals surface area contributed by atoms with Gasteiger partial charge in [0.25, 0.3) is 11.5 Å². The molecular weight excluding hydrogens is 430 g/mol. The molecule has 0 saturated carbocycles. The molecule has 0 atom stereocenters. The predicted molar refractivity (Wildman–Crippen MR) is 110 cm³/mol. The average Bonchev–Trinajstić information content (AvgIpc) is 2.73. The topological polar surface area (TPSA) is 80.2 Å². The average molecular weight is 447 g/mol. The summed E-state index contributed by atoms with van der Waals surface area (Å²) in [6.45, 7) is -0.0103. The van der Waals surface area contributed by atoms with Crippen molar-refractivity contribution in [3.8, 4) is 0 Å². The Labute approximate surface area is 179 Å². The molecule has 0 spiro atoms. The zero-order valence-electron chi connectivity index (χ0n) is 16.4. The smallest absolute Gasteiger partial charge is 0.325 e. The van der Waals surface area contributed by atoms with Crippen LogP contribution in [0.4, 0.5) is 28.9 Å². The van der Waals surface area contributed by atoms with Gasteiger partial charge in [0.1, 0.15) is 5.82 Å². The number of nitrogens with one attached hydrogen (secondary N) is 2. The monoisotopic (exact) mass is 447 g/mol. The summed E-state index contributed by atoms with van der Waals surface area (Å²) in [5, 5.41) is 4.40. The fourth-order valence-corrected chi connectivity index (χ4v) is 2.89. The second kappa shape index (κ2) is 9.46. The van der Waals surface area contributed by atoms with E-state index in [2.05, 4.69) is 10.6 Å². The molecule has 166 valence electrons. The van der Waals surface area contributed by atoms with Crippen molar-refractivity contribution in [3.05, 3.63) is 94.2 Å². The molecule has 6 nitrogen and oxygen atoms in total. The maximum absolute atomic E-state index is 13.7. The Kier molecular flexibility index (Phi) is 6.72. The minimum absolute atomic E-state index is 0.0103. The van der Waals surface area contributed by atoms with Gasteiger partial charge in [-0.2, -0.15) is 13.2 Å². The third kappa shape index (κ3) is 5.60. The molecule has 1 aromatic heterocycles. The molecule has 0 aliphatic rings. The van der Waals surface area contributed by atoms with Crippen molar-refractivity contribution >= 4 is 23.2 Å². The molecule has 0 aliphatic heterocycles. The first-order valence-electron chi connectivity index (χ1n) is 9.37. The van der Waals surface area contributed by atoms with Crippen LogP contribution in [0.25, 0.3) is 0 Å². The molecule has 10 heteroatoms. The molecule has 3 rings (SSSR count). The highest BCUT2D eigenvalue weighted by Gasteiger charge is 2.34. The van der Waals surface area contributed by atoms with Crippen molar-refractivity contribution in [2.75, 3.05) is 10.6 Å². The number of pyridine rings is 1. The summed E-state index contributed by atoms with van der Waals surface area (Å²) in [6.07, 6.45) is -3.60. The summed E-state index contributed by atoms with van der Waals surface area (Å²) in [5.74, 6) is -2.46. The van der Waals surface area contributed by atoms with Gasteiger partial charge in [0.15, 0.2) is 0 Å². The Morgan fingerprint density at radius 3 is 2.34 bits per heavy atom. The fourth-order valence-electron chi connectivity index (χ4n) is 2.89. The molecule has 32 heavy (non-hydrogen) atoms. The van der Waals surface area contributed by atoms with Gasteiger partial charge in [-0.15, -0.1) is 0 Å². The number of carbonyl (C=O) groups is 2. The van der Waals surface area contributed by atoms with E-state index in [4.69, 9.17) is 0 Å². The fraction of sp³-hybridized carbons (Fsp3) is 0.136. The van der Waals surface area contributed by atoms with E-state index in [0.717, 1.165) is 18.2 Å². The highest BCUT2D eigenvalue weighted by molar-refractivity contribution is 6.04. The number of halogens is 4. The summed E-state index contributed by atoms with van der Waals surface area (Å²) in [6, 6.07) is 12.3. The van der Waals surface area contributed by atoms with Gasteiger partial charge in [-0.1, -0.05) is 18.2 Å². The number of hydrogen-bond acceptors (Lipinski definition) is 3. The van der Waals surface area contributed by atoms with Crippen LogP contribution in [0.2, 0.25) is 0 Å². The predicted octanol–water partition coefficient (Wildman–Crippen LogP) is 4.29. The van der Waals surface area contributed by atoms with E-state index in [9.17, 15) is 31.9 Å². The third-order valence-corrected chi connectivity index (χ3v) is 4.45. The van der Waals surface area contributed by atoms with E-state index in [-0.39, 0.29) is 29.8 Å². The Hall–Kier alpha value is -3.95. The lowest BCUT2D eigenvalue weighted by Crippen LogP contribution is -2.23. The van der Waals surface area contributed by atoms with E-state index >= 15 is 0 Å². The van der Waals surface area contributed by atoms with Gasteiger partial charge in [-0.3, -0.25) is 14.4 Å². The summed E-state index contributed by atoms with van der Waals surface area (Å²) in [5.41, 5.74) is -2.58. The van der Waals surface area contributed by atoms with E-state index in [1.165, 1.54) is 41.1 Å². The van der Waals surface area contributed by atoms with Crippen LogP contribution in [0.15, 0.2) is 71.7 Å². The van der Waals surface area contributed by atoms with Crippen molar-refractivity contribution < 1.29 is 27.2 Å². The molecule has 0 radical (unpaired) electrons. The van der Waals surface area contributed by atoms with Crippen LogP contribution in [0, 0.1) is 5.82 Å². The van der Waals surface area contributed by atoms with Crippen LogP contribution in [0.3, 0.4) is 0 Å². The highest BCUT2D eigenvalue weighted by atomic mass is 19.4.